The average molecular weight is 242 g/mol. The van der Waals surface area contributed by atoms with E-state index in [9.17, 15) is 4.39 Å². The molecule has 1 N–H and O–H groups in total. The Labute approximate surface area is 96.4 Å². The van der Waals surface area contributed by atoms with Gasteiger partial charge in [0.1, 0.15) is 5.82 Å². The number of rotatable bonds is 3. The molecule has 0 radical (unpaired) electrons. The van der Waals surface area contributed by atoms with Crippen molar-refractivity contribution < 1.29 is 8.91 Å². The van der Waals surface area contributed by atoms with Crippen molar-refractivity contribution >= 4 is 11.6 Å². The first-order valence-electron chi connectivity index (χ1n) is 4.63. The van der Waals surface area contributed by atoms with Crippen LogP contribution in [0.3, 0.4) is 0 Å². The highest BCUT2D eigenvalue weighted by Gasteiger charge is 2.12. The van der Waals surface area contributed by atoms with E-state index in [-0.39, 0.29) is 11.5 Å². The fraction of sp³-hybridized carbons (Fsp3) is 0.200. The predicted octanol–water partition coefficient (Wildman–Crippen LogP) is 2.25. The summed E-state index contributed by atoms with van der Waals surface area (Å²) < 4.78 is 18.4. The fourth-order valence-corrected chi connectivity index (χ4v) is 1.41. The summed E-state index contributed by atoms with van der Waals surface area (Å²) in [5.41, 5.74) is 0.249. The van der Waals surface area contributed by atoms with Gasteiger partial charge in [0.2, 0.25) is 0 Å². The van der Waals surface area contributed by atoms with Gasteiger partial charge in [-0.3, -0.25) is 0 Å². The van der Waals surface area contributed by atoms with Crippen molar-refractivity contribution in [1.82, 2.24) is 15.5 Å². The van der Waals surface area contributed by atoms with Crippen LogP contribution in [0.5, 0.6) is 0 Å². The topological polar surface area (TPSA) is 51.0 Å². The average Bonchev–Trinajstić information content (AvgIpc) is 2.67. The quantitative estimate of drug-likeness (QED) is 0.896. The molecule has 0 aliphatic carbocycles. The van der Waals surface area contributed by atoms with Crippen LogP contribution in [0.2, 0.25) is 5.02 Å². The van der Waals surface area contributed by atoms with Gasteiger partial charge in [0.15, 0.2) is 5.82 Å². The minimum atomic E-state index is -0.479. The van der Waals surface area contributed by atoms with Gasteiger partial charge in [-0.2, -0.15) is 4.98 Å². The van der Waals surface area contributed by atoms with Crippen LogP contribution in [0.1, 0.15) is 5.82 Å². The van der Waals surface area contributed by atoms with Crippen LogP contribution >= 0.6 is 11.6 Å². The zero-order valence-electron chi connectivity index (χ0n) is 8.50. The molecule has 0 amide bonds. The maximum absolute atomic E-state index is 13.5. The Hall–Kier alpha value is -1.46. The van der Waals surface area contributed by atoms with Crippen molar-refractivity contribution in [3.8, 4) is 11.5 Å². The summed E-state index contributed by atoms with van der Waals surface area (Å²) in [7, 11) is 1.76. The van der Waals surface area contributed by atoms with E-state index in [0.717, 1.165) is 0 Å². The van der Waals surface area contributed by atoms with Crippen LogP contribution in [-0.4, -0.2) is 17.2 Å². The number of hydrogen-bond acceptors (Lipinski definition) is 4. The third-order valence-corrected chi connectivity index (χ3v) is 2.20. The lowest BCUT2D eigenvalue weighted by molar-refractivity contribution is 0.418. The van der Waals surface area contributed by atoms with Gasteiger partial charge in [0, 0.05) is 5.02 Å². The Morgan fingerprint density at radius 3 is 3.00 bits per heavy atom. The maximum Gasteiger partial charge on any atom is 0.260 e. The molecule has 0 fully saturated rings. The van der Waals surface area contributed by atoms with Gasteiger partial charge < -0.3 is 9.84 Å². The Bertz CT molecular complexity index is 501. The number of hydrogen-bond donors (Lipinski definition) is 1. The van der Waals surface area contributed by atoms with E-state index in [2.05, 4.69) is 15.5 Å². The molecule has 0 spiro atoms. The number of benzene rings is 1. The van der Waals surface area contributed by atoms with E-state index in [1.165, 1.54) is 12.1 Å². The lowest BCUT2D eigenvalue weighted by Crippen LogP contribution is -2.06. The number of nitrogens with zero attached hydrogens (tertiary/aromatic N) is 2. The molecule has 0 bridgehead atoms. The van der Waals surface area contributed by atoms with Gasteiger partial charge in [-0.1, -0.05) is 16.8 Å². The summed E-state index contributed by atoms with van der Waals surface area (Å²) in [6, 6.07) is 4.29. The van der Waals surface area contributed by atoms with Crippen LogP contribution < -0.4 is 5.32 Å². The molecular formula is C10H9ClFN3O. The number of halogens is 2. The molecule has 84 valence electrons. The van der Waals surface area contributed by atoms with Crippen LogP contribution in [-0.2, 0) is 6.54 Å². The van der Waals surface area contributed by atoms with Crippen molar-refractivity contribution in [3.63, 3.8) is 0 Å². The molecule has 0 saturated heterocycles. The van der Waals surface area contributed by atoms with Gasteiger partial charge in [-0.05, 0) is 25.2 Å². The second-order valence-corrected chi connectivity index (χ2v) is 3.61. The van der Waals surface area contributed by atoms with E-state index in [1.54, 1.807) is 13.1 Å². The lowest BCUT2D eigenvalue weighted by atomic mass is 10.2. The van der Waals surface area contributed by atoms with Crippen molar-refractivity contribution in [2.24, 2.45) is 0 Å². The van der Waals surface area contributed by atoms with Crippen molar-refractivity contribution in [1.29, 1.82) is 0 Å². The molecule has 0 aliphatic rings. The first-order chi connectivity index (χ1) is 7.70. The Morgan fingerprint density at radius 1 is 1.50 bits per heavy atom. The predicted molar refractivity (Wildman–Crippen MR) is 57.5 cm³/mol. The second kappa shape index (κ2) is 4.59. The van der Waals surface area contributed by atoms with Crippen molar-refractivity contribution in [2.45, 2.75) is 6.54 Å². The SMILES string of the molecule is CNCc1noc(-c2ccc(Cl)cc2F)n1. The Kier molecular flexibility index (Phi) is 3.17. The molecule has 0 aliphatic heterocycles. The van der Waals surface area contributed by atoms with E-state index < -0.39 is 5.82 Å². The molecule has 2 aromatic rings. The largest absolute Gasteiger partial charge is 0.334 e. The molecule has 0 saturated carbocycles. The zero-order valence-corrected chi connectivity index (χ0v) is 9.25. The number of nitrogens with one attached hydrogen (secondary N) is 1. The molecule has 6 heteroatoms. The summed E-state index contributed by atoms with van der Waals surface area (Å²) in [5, 5.41) is 6.90. The minimum Gasteiger partial charge on any atom is -0.334 e. The normalized spacial score (nSPS) is 10.7. The first kappa shape index (κ1) is 11.0. The van der Waals surface area contributed by atoms with Gasteiger partial charge in [0.25, 0.3) is 5.89 Å². The molecule has 0 atom stereocenters. The van der Waals surface area contributed by atoms with Crippen molar-refractivity contribution in [3.05, 3.63) is 34.9 Å². The smallest absolute Gasteiger partial charge is 0.260 e. The van der Waals surface area contributed by atoms with E-state index in [0.29, 0.717) is 17.4 Å². The van der Waals surface area contributed by atoms with E-state index in [1.807, 2.05) is 0 Å². The van der Waals surface area contributed by atoms with Gasteiger partial charge in [-0.15, -0.1) is 0 Å². The molecule has 2 rings (SSSR count). The summed E-state index contributed by atoms with van der Waals surface area (Å²) >= 11 is 5.64. The highest BCUT2D eigenvalue weighted by molar-refractivity contribution is 6.30. The molecule has 16 heavy (non-hydrogen) atoms. The summed E-state index contributed by atoms with van der Waals surface area (Å²) in [6.07, 6.45) is 0. The van der Waals surface area contributed by atoms with E-state index in [4.69, 9.17) is 16.1 Å². The molecule has 1 aromatic carbocycles. The standard InChI is InChI=1S/C10H9ClFN3O/c1-13-5-9-14-10(16-15-9)7-3-2-6(11)4-8(7)12/h2-4,13H,5H2,1H3. The van der Waals surface area contributed by atoms with Crippen LogP contribution in [0, 0.1) is 5.82 Å². The third kappa shape index (κ3) is 2.20. The minimum absolute atomic E-state index is 0.152. The maximum atomic E-state index is 13.5. The van der Waals surface area contributed by atoms with Crippen molar-refractivity contribution in [2.75, 3.05) is 7.05 Å². The molecule has 4 nitrogen and oxygen atoms in total. The highest BCUT2D eigenvalue weighted by Crippen LogP contribution is 2.23. The zero-order chi connectivity index (χ0) is 11.5. The van der Waals surface area contributed by atoms with Gasteiger partial charge in [0.05, 0.1) is 12.1 Å². The third-order valence-electron chi connectivity index (χ3n) is 1.96. The Morgan fingerprint density at radius 2 is 2.31 bits per heavy atom. The molecule has 1 heterocycles. The van der Waals surface area contributed by atoms with Crippen LogP contribution in [0.15, 0.2) is 22.7 Å². The lowest BCUT2D eigenvalue weighted by Gasteiger charge is -1.96. The first-order valence-corrected chi connectivity index (χ1v) is 5.01. The summed E-state index contributed by atoms with van der Waals surface area (Å²) in [5.74, 6) is 0.151. The molecule has 0 unspecified atom stereocenters. The Balaban J connectivity index is 2.35. The number of aromatic nitrogens is 2. The summed E-state index contributed by atoms with van der Waals surface area (Å²) in [4.78, 5) is 4.04. The van der Waals surface area contributed by atoms with Gasteiger partial charge >= 0.3 is 0 Å². The monoisotopic (exact) mass is 241 g/mol. The summed E-state index contributed by atoms with van der Waals surface area (Å²) in [6.45, 7) is 0.471. The van der Waals surface area contributed by atoms with E-state index >= 15 is 0 Å². The second-order valence-electron chi connectivity index (χ2n) is 3.17. The van der Waals surface area contributed by atoms with Gasteiger partial charge in [-0.25, -0.2) is 4.39 Å². The highest BCUT2D eigenvalue weighted by atomic mass is 35.5. The molecule has 1 aromatic heterocycles. The fourth-order valence-electron chi connectivity index (χ4n) is 1.26. The molecular weight excluding hydrogens is 233 g/mol. The van der Waals surface area contributed by atoms with Crippen LogP contribution in [0.4, 0.5) is 4.39 Å². The van der Waals surface area contributed by atoms with Crippen LogP contribution in [0.25, 0.3) is 11.5 Å².